The van der Waals surface area contributed by atoms with Crippen molar-refractivity contribution < 1.29 is 14.9 Å². The predicted octanol–water partition coefficient (Wildman–Crippen LogP) is 1.31. The number of aryl methyl sites for hydroxylation is 2. The Kier molecular flexibility index (Phi) is 4.54. The maximum atomic E-state index is 10.7. The number of aromatic nitrogens is 2. The normalized spacial score (nSPS) is 27.7. The number of nitrogens with zero attached hydrogens (tertiary/aromatic N) is 2. The maximum absolute atomic E-state index is 10.7. The Balaban J connectivity index is 1.97. The summed E-state index contributed by atoms with van der Waals surface area (Å²) < 4.78 is 7.78. The Morgan fingerprint density at radius 2 is 2.04 bits per heavy atom. The van der Waals surface area contributed by atoms with Crippen LogP contribution in [0.3, 0.4) is 0 Å². The summed E-state index contributed by atoms with van der Waals surface area (Å²) in [5, 5.41) is 20.3. The third kappa shape index (κ3) is 2.93. The van der Waals surface area contributed by atoms with Crippen LogP contribution in [0.4, 0.5) is 0 Å². The van der Waals surface area contributed by atoms with E-state index in [2.05, 4.69) is 18.0 Å². The van der Waals surface area contributed by atoms with Crippen molar-refractivity contribution in [3.8, 4) is 0 Å². The van der Waals surface area contributed by atoms with Gasteiger partial charge in [-0.05, 0) is 37.1 Å². The summed E-state index contributed by atoms with van der Waals surface area (Å²) in [5.74, 6) is -0.186. The van der Waals surface area contributed by atoms with Crippen molar-refractivity contribution in [1.29, 1.82) is 0 Å². The van der Waals surface area contributed by atoms with Gasteiger partial charge in [-0.15, -0.1) is 0 Å². The second-order valence-corrected chi connectivity index (χ2v) is 6.69. The molecule has 1 aliphatic rings. The van der Waals surface area contributed by atoms with Crippen LogP contribution < -0.4 is 0 Å². The van der Waals surface area contributed by atoms with Gasteiger partial charge in [0.2, 0.25) is 0 Å². The second-order valence-electron chi connectivity index (χ2n) is 6.69. The van der Waals surface area contributed by atoms with Gasteiger partial charge in [0.05, 0.1) is 36.7 Å². The first kappa shape index (κ1) is 16.6. The fraction of sp³-hybridized carbons (Fsp3) is 0.562. The van der Waals surface area contributed by atoms with E-state index in [0.717, 1.165) is 16.6 Å². The molecule has 1 aliphatic heterocycles. The molecule has 2 N–H and O–H groups in total. The molecule has 2 aromatic rings. The monoisotopic (exact) mass is 312 g/mol. The molecule has 5 nitrogen and oxygen atoms in total. The van der Waals surface area contributed by atoms with Crippen molar-refractivity contribution in [2.45, 2.75) is 45.4 Å². The molecule has 0 saturated carbocycles. The summed E-state index contributed by atoms with van der Waals surface area (Å²) in [5.41, 5.74) is 4.15. The first-order chi connectivity index (χ1) is 10.9. The molecule has 1 aromatic heterocycles. The third-order valence-electron chi connectivity index (χ3n) is 4.81. The smallest absolute Gasteiger partial charge is 0.162 e. The number of benzene rings is 1. The lowest BCUT2D eigenvalue weighted by atomic mass is 9.31. The van der Waals surface area contributed by atoms with Gasteiger partial charge in [-0.2, -0.15) is 0 Å². The van der Waals surface area contributed by atoms with Gasteiger partial charge >= 0.3 is 0 Å². The van der Waals surface area contributed by atoms with Crippen LogP contribution in [0.15, 0.2) is 18.5 Å². The molecule has 4 atom stereocenters. The SMILES string of the molecule is [B]B(C)CC1[C@@H](O)[C@@H](n2cnc3cc(C)c(C)cc32)O[C@@H]1CO. The van der Waals surface area contributed by atoms with Crippen LogP contribution in [-0.2, 0) is 4.74 Å². The first-order valence-electron chi connectivity index (χ1n) is 8.06. The Labute approximate surface area is 138 Å². The fourth-order valence-electron chi connectivity index (χ4n) is 3.41. The summed E-state index contributed by atoms with van der Waals surface area (Å²) in [6.07, 6.45) is 0.610. The minimum Gasteiger partial charge on any atom is -0.394 e. The van der Waals surface area contributed by atoms with E-state index in [0.29, 0.717) is 6.32 Å². The minimum absolute atomic E-state index is 0.0597. The zero-order valence-corrected chi connectivity index (χ0v) is 13.8. The lowest BCUT2D eigenvalue weighted by Gasteiger charge is -2.20. The minimum atomic E-state index is -0.725. The van der Waals surface area contributed by atoms with Crippen LogP contribution in [0.2, 0.25) is 13.1 Å². The first-order valence-corrected chi connectivity index (χ1v) is 8.06. The summed E-state index contributed by atoms with van der Waals surface area (Å²) >= 11 is 0. The van der Waals surface area contributed by atoms with Crippen molar-refractivity contribution in [1.82, 2.24) is 9.55 Å². The molecule has 1 fully saturated rings. The molecule has 0 spiro atoms. The zero-order valence-electron chi connectivity index (χ0n) is 13.8. The van der Waals surface area contributed by atoms with Crippen LogP contribution >= 0.6 is 0 Å². The third-order valence-corrected chi connectivity index (χ3v) is 4.81. The number of imidazole rings is 1. The predicted molar refractivity (Wildman–Crippen MR) is 91.9 cm³/mol. The van der Waals surface area contributed by atoms with Crippen LogP contribution in [-0.4, -0.2) is 52.9 Å². The molecule has 1 saturated heterocycles. The van der Waals surface area contributed by atoms with Crippen LogP contribution in [0.25, 0.3) is 11.0 Å². The van der Waals surface area contributed by atoms with Crippen molar-refractivity contribution in [3.05, 3.63) is 29.6 Å². The van der Waals surface area contributed by atoms with E-state index < -0.39 is 18.4 Å². The lowest BCUT2D eigenvalue weighted by molar-refractivity contribution is -0.0489. The Bertz CT molecular complexity index is 704. The van der Waals surface area contributed by atoms with Gasteiger partial charge in [-0.1, -0.05) is 13.1 Å². The summed E-state index contributed by atoms with van der Waals surface area (Å²) in [4.78, 5) is 4.42. The molecule has 0 aliphatic carbocycles. The molecular formula is C16H22B2N2O3. The van der Waals surface area contributed by atoms with E-state index in [9.17, 15) is 10.2 Å². The van der Waals surface area contributed by atoms with E-state index in [1.54, 1.807) is 6.33 Å². The highest BCUT2D eigenvalue weighted by Crippen LogP contribution is 2.38. The zero-order chi connectivity index (χ0) is 16.7. The highest BCUT2D eigenvalue weighted by molar-refractivity contribution is 7.02. The van der Waals surface area contributed by atoms with E-state index in [-0.39, 0.29) is 19.1 Å². The van der Waals surface area contributed by atoms with Crippen molar-refractivity contribution in [2.75, 3.05) is 6.61 Å². The van der Waals surface area contributed by atoms with Gasteiger partial charge < -0.3 is 19.5 Å². The highest BCUT2D eigenvalue weighted by Gasteiger charge is 2.44. The quantitative estimate of drug-likeness (QED) is 0.836. The molecule has 3 rings (SSSR count). The fourth-order valence-corrected chi connectivity index (χ4v) is 3.41. The van der Waals surface area contributed by atoms with Crippen LogP contribution in [0.5, 0.6) is 0 Å². The largest absolute Gasteiger partial charge is 0.394 e. The Hall–Kier alpha value is -1.30. The van der Waals surface area contributed by atoms with E-state index in [1.807, 2.05) is 24.4 Å². The van der Waals surface area contributed by atoms with Gasteiger partial charge in [0.15, 0.2) is 6.23 Å². The van der Waals surface area contributed by atoms with Gasteiger partial charge in [0, 0.05) is 13.7 Å². The average molecular weight is 312 g/mol. The van der Waals surface area contributed by atoms with Crippen molar-refractivity contribution in [2.24, 2.45) is 5.92 Å². The van der Waals surface area contributed by atoms with Crippen LogP contribution in [0.1, 0.15) is 17.4 Å². The van der Waals surface area contributed by atoms with Gasteiger partial charge in [-0.25, -0.2) is 4.98 Å². The number of aliphatic hydroxyl groups excluding tert-OH is 2. The Morgan fingerprint density at radius 3 is 2.70 bits per heavy atom. The number of hydrogen-bond donors (Lipinski definition) is 2. The summed E-state index contributed by atoms with van der Waals surface area (Å²) in [6, 6.07) is 4.09. The van der Waals surface area contributed by atoms with Gasteiger partial charge in [0.1, 0.15) is 6.10 Å². The number of rotatable bonds is 4. The summed E-state index contributed by atoms with van der Waals surface area (Å²) in [6.45, 7) is 5.81. The average Bonchev–Trinajstić information content (AvgIpc) is 3.01. The van der Waals surface area contributed by atoms with Crippen molar-refractivity contribution >= 4 is 25.4 Å². The van der Waals surface area contributed by atoms with E-state index >= 15 is 0 Å². The molecule has 2 radical (unpaired) electrons. The number of ether oxygens (including phenoxy) is 1. The van der Waals surface area contributed by atoms with Crippen LogP contribution in [0, 0.1) is 19.8 Å². The van der Waals surface area contributed by atoms with E-state index in [4.69, 9.17) is 12.5 Å². The van der Waals surface area contributed by atoms with Crippen molar-refractivity contribution in [3.63, 3.8) is 0 Å². The van der Waals surface area contributed by atoms with E-state index in [1.165, 1.54) is 5.56 Å². The van der Waals surface area contributed by atoms with Gasteiger partial charge in [0.25, 0.3) is 0 Å². The molecular weight excluding hydrogens is 290 g/mol. The number of fused-ring (bicyclic) bond motifs is 1. The molecule has 0 bridgehead atoms. The molecule has 23 heavy (non-hydrogen) atoms. The molecule has 7 heteroatoms. The highest BCUT2D eigenvalue weighted by atomic mass is 16.5. The molecule has 2 heterocycles. The summed E-state index contributed by atoms with van der Waals surface area (Å²) in [7, 11) is 5.88. The van der Waals surface area contributed by atoms with Gasteiger partial charge in [-0.3, -0.25) is 0 Å². The number of aliphatic hydroxyl groups is 2. The molecule has 1 unspecified atom stereocenters. The Morgan fingerprint density at radius 1 is 1.35 bits per heavy atom. The topological polar surface area (TPSA) is 67.5 Å². The molecule has 1 aromatic carbocycles. The maximum Gasteiger partial charge on any atom is 0.162 e. The second kappa shape index (κ2) is 6.30. The standard InChI is InChI=1S/C16H22B2N2O3/c1-9-4-12-13(5-10(9)2)20(8-19-12)16-15(22)11(6-18(3)17)14(7-21)23-16/h4-5,8,11,14-16,21-22H,6-7H2,1-3H3/t11?,14-,15-,16+/m1/s1. The molecule has 0 amide bonds. The lowest BCUT2D eigenvalue weighted by Crippen LogP contribution is -2.31. The molecule has 120 valence electrons. The number of hydrogen-bond acceptors (Lipinski definition) is 4.